The molecule has 0 spiro atoms. The van der Waals surface area contributed by atoms with Gasteiger partial charge < -0.3 is 19.6 Å². The number of likely N-dealkylation sites (tertiary alicyclic amines) is 1. The average molecular weight is 643 g/mol. The second-order valence-electron chi connectivity index (χ2n) is 11.7. The summed E-state index contributed by atoms with van der Waals surface area (Å²) in [6.07, 6.45) is 10.4. The van der Waals surface area contributed by atoms with Crippen LogP contribution in [0.4, 0.5) is 0 Å². The highest BCUT2D eigenvalue weighted by Gasteiger charge is 2.45. The summed E-state index contributed by atoms with van der Waals surface area (Å²) < 4.78 is 7.34. The number of benzene rings is 1. The topological polar surface area (TPSA) is 100 Å². The van der Waals surface area contributed by atoms with Crippen LogP contribution in [0.2, 0.25) is 0 Å². The van der Waals surface area contributed by atoms with Crippen molar-refractivity contribution in [1.29, 1.82) is 0 Å². The maximum Gasteiger partial charge on any atom is 0.307 e. The number of ether oxygens (including phenoxy) is 1. The lowest BCUT2D eigenvalue weighted by atomic mass is 9.77. The molecule has 2 fully saturated rings. The first-order chi connectivity index (χ1) is 19.8. The van der Waals surface area contributed by atoms with Gasteiger partial charge in [-0.3, -0.25) is 14.4 Å². The van der Waals surface area contributed by atoms with E-state index < -0.39 is 23.8 Å². The first-order valence-corrected chi connectivity index (χ1v) is 16.3. The summed E-state index contributed by atoms with van der Waals surface area (Å²) in [5, 5.41) is 10.8. The molecule has 2 aromatic rings. The number of carboxylic acids is 1. The molecule has 1 saturated heterocycles. The molecule has 2 aliphatic carbocycles. The van der Waals surface area contributed by atoms with Crippen LogP contribution >= 0.6 is 27.3 Å². The van der Waals surface area contributed by atoms with Crippen LogP contribution in [0.5, 0.6) is 5.75 Å². The molecule has 1 aromatic carbocycles. The fraction of sp³-hybridized carbons (Fsp3) is 0.548. The number of carbonyl (C=O) groups is 3. The average Bonchev–Trinajstić information content (AvgIpc) is 3.54. The zero-order valence-electron chi connectivity index (χ0n) is 23.3. The molecule has 2 aliphatic heterocycles. The third-order valence-electron chi connectivity index (χ3n) is 9.20. The Labute approximate surface area is 252 Å². The highest BCUT2D eigenvalue weighted by molar-refractivity contribution is 9.10. The molecule has 4 aliphatic rings. The van der Waals surface area contributed by atoms with Gasteiger partial charge in [-0.15, -0.1) is 11.3 Å². The summed E-state index contributed by atoms with van der Waals surface area (Å²) in [5.41, 5.74) is 2.90. The van der Waals surface area contributed by atoms with E-state index in [1.54, 1.807) is 11.3 Å². The molecule has 1 saturated carbocycles. The van der Waals surface area contributed by atoms with Crippen LogP contribution in [0, 0.1) is 24.7 Å². The van der Waals surface area contributed by atoms with Crippen LogP contribution in [0.25, 0.3) is 0 Å². The highest BCUT2D eigenvalue weighted by atomic mass is 79.9. The van der Waals surface area contributed by atoms with Crippen molar-refractivity contribution in [3.63, 3.8) is 0 Å². The van der Waals surface area contributed by atoms with Gasteiger partial charge in [0, 0.05) is 52.2 Å². The molecule has 41 heavy (non-hydrogen) atoms. The van der Waals surface area contributed by atoms with Crippen molar-refractivity contribution in [2.45, 2.75) is 70.9 Å². The van der Waals surface area contributed by atoms with E-state index in [1.807, 2.05) is 35.1 Å². The lowest BCUT2D eigenvalue weighted by Gasteiger charge is -2.43. The van der Waals surface area contributed by atoms with Gasteiger partial charge in [-0.1, -0.05) is 34.8 Å². The lowest BCUT2D eigenvalue weighted by Crippen LogP contribution is -2.50. The molecule has 3 heterocycles. The van der Waals surface area contributed by atoms with Gasteiger partial charge in [-0.05, 0) is 63.1 Å². The fourth-order valence-electron chi connectivity index (χ4n) is 7.20. The standard InChI is InChI=1S/C31H36BrN3O5S/c1-18-14-33-27(41-18)17-40-26-11-10-24(32)23-12-13-35(30(37)21-8-4-5-9-22(21)31(38)39)25(28(23)26)16-34-15-19-6-2-3-7-20(19)29(34)36/h7,10-11,14,19,21-22,25H,2-6,8-9,12-13,15-17H2,1H3,(H,38,39)/t19?,21?,22?,25-/m1/s1. The Morgan fingerprint density at radius 3 is 2.71 bits per heavy atom. The van der Waals surface area contributed by atoms with Gasteiger partial charge in [0.2, 0.25) is 11.8 Å². The number of rotatable bonds is 7. The van der Waals surface area contributed by atoms with Gasteiger partial charge in [0.1, 0.15) is 17.4 Å². The van der Waals surface area contributed by atoms with Crippen molar-refractivity contribution in [3.8, 4) is 5.75 Å². The zero-order valence-corrected chi connectivity index (χ0v) is 25.7. The number of nitrogens with zero attached hydrogens (tertiary/aromatic N) is 3. The number of carboxylic acid groups (broad SMARTS) is 1. The summed E-state index contributed by atoms with van der Waals surface area (Å²) in [6, 6.07) is 3.48. The van der Waals surface area contributed by atoms with Crippen molar-refractivity contribution < 1.29 is 24.2 Å². The molecule has 4 atom stereocenters. The zero-order chi connectivity index (χ0) is 28.7. The van der Waals surface area contributed by atoms with E-state index in [1.165, 1.54) is 0 Å². The van der Waals surface area contributed by atoms with Gasteiger partial charge in [0.05, 0.1) is 17.9 Å². The maximum absolute atomic E-state index is 14.3. The minimum Gasteiger partial charge on any atom is -0.486 e. The van der Waals surface area contributed by atoms with Gasteiger partial charge in [0.15, 0.2) is 0 Å². The maximum atomic E-state index is 14.3. The number of allylic oxidation sites excluding steroid dienone is 1. The van der Waals surface area contributed by atoms with E-state index in [9.17, 15) is 19.5 Å². The Morgan fingerprint density at radius 2 is 1.98 bits per heavy atom. The summed E-state index contributed by atoms with van der Waals surface area (Å²) in [5.74, 6) is -1.26. The molecule has 0 bridgehead atoms. The van der Waals surface area contributed by atoms with Crippen LogP contribution in [0.3, 0.4) is 0 Å². The lowest BCUT2D eigenvalue weighted by molar-refractivity contribution is -0.154. The number of carbonyl (C=O) groups excluding carboxylic acids is 2. The van der Waals surface area contributed by atoms with E-state index in [4.69, 9.17) is 4.74 Å². The number of halogens is 1. The normalized spacial score (nSPS) is 25.9. The van der Waals surface area contributed by atoms with Crippen molar-refractivity contribution in [1.82, 2.24) is 14.8 Å². The SMILES string of the molecule is Cc1cnc(COc2ccc(Br)c3c2[C@@H](CN2CC4CCCC=C4C2=O)N(C(=O)C2CCCCC2C(=O)O)CC3)s1. The highest BCUT2D eigenvalue weighted by Crippen LogP contribution is 2.44. The van der Waals surface area contributed by atoms with Crippen LogP contribution < -0.4 is 4.74 Å². The number of amides is 2. The minimum absolute atomic E-state index is 0.0611. The van der Waals surface area contributed by atoms with E-state index in [-0.39, 0.29) is 17.7 Å². The van der Waals surface area contributed by atoms with Crippen LogP contribution in [0.1, 0.15) is 72.0 Å². The van der Waals surface area contributed by atoms with Crippen molar-refractivity contribution >= 4 is 45.1 Å². The second kappa shape index (κ2) is 11.9. The minimum atomic E-state index is -0.895. The number of hydrogen-bond acceptors (Lipinski definition) is 6. The Bertz CT molecular complexity index is 1390. The van der Waals surface area contributed by atoms with Crippen LogP contribution in [-0.2, 0) is 27.4 Å². The van der Waals surface area contributed by atoms with Gasteiger partial charge in [-0.25, -0.2) is 4.98 Å². The molecule has 1 aromatic heterocycles. The summed E-state index contributed by atoms with van der Waals surface area (Å²) in [7, 11) is 0. The molecule has 2 amide bonds. The smallest absolute Gasteiger partial charge is 0.307 e. The number of aromatic nitrogens is 1. The number of thiazole rings is 1. The van der Waals surface area contributed by atoms with Gasteiger partial charge in [-0.2, -0.15) is 0 Å². The second-order valence-corrected chi connectivity index (χ2v) is 13.9. The quantitative estimate of drug-likeness (QED) is 0.418. The molecular formula is C31H36BrN3O5S. The van der Waals surface area contributed by atoms with Crippen molar-refractivity contribution in [2.24, 2.45) is 17.8 Å². The molecule has 6 rings (SSSR count). The molecule has 8 nitrogen and oxygen atoms in total. The third kappa shape index (κ3) is 5.57. The number of hydrogen-bond donors (Lipinski definition) is 1. The predicted octanol–water partition coefficient (Wildman–Crippen LogP) is 5.68. The summed E-state index contributed by atoms with van der Waals surface area (Å²) >= 11 is 5.33. The monoisotopic (exact) mass is 641 g/mol. The summed E-state index contributed by atoms with van der Waals surface area (Å²) in [4.78, 5) is 49.3. The van der Waals surface area contributed by atoms with E-state index in [2.05, 4.69) is 27.0 Å². The Balaban J connectivity index is 1.37. The fourth-order valence-corrected chi connectivity index (χ4v) is 8.44. The molecule has 218 valence electrons. The Morgan fingerprint density at radius 1 is 1.17 bits per heavy atom. The first-order valence-electron chi connectivity index (χ1n) is 14.7. The van der Waals surface area contributed by atoms with Gasteiger partial charge >= 0.3 is 5.97 Å². The van der Waals surface area contributed by atoms with E-state index in [0.29, 0.717) is 51.3 Å². The van der Waals surface area contributed by atoms with Crippen LogP contribution in [0.15, 0.2) is 34.5 Å². The Hall–Kier alpha value is -2.72. The van der Waals surface area contributed by atoms with Crippen LogP contribution in [-0.4, -0.2) is 57.3 Å². The number of aliphatic carboxylic acids is 1. The van der Waals surface area contributed by atoms with Crippen molar-refractivity contribution in [2.75, 3.05) is 19.6 Å². The molecule has 0 radical (unpaired) electrons. The third-order valence-corrected chi connectivity index (χ3v) is 10.8. The summed E-state index contributed by atoms with van der Waals surface area (Å²) in [6.45, 7) is 3.81. The number of aryl methyl sites for hydroxylation is 1. The van der Waals surface area contributed by atoms with Gasteiger partial charge in [0.25, 0.3) is 0 Å². The predicted molar refractivity (Wildman–Crippen MR) is 159 cm³/mol. The molecule has 1 N–H and O–H groups in total. The molecule has 3 unspecified atom stereocenters. The van der Waals surface area contributed by atoms with Crippen molar-refractivity contribution in [3.05, 3.63) is 55.5 Å². The molecular weight excluding hydrogens is 606 g/mol. The number of fused-ring (bicyclic) bond motifs is 2. The van der Waals surface area contributed by atoms with E-state index in [0.717, 1.165) is 63.2 Å². The largest absolute Gasteiger partial charge is 0.486 e. The van der Waals surface area contributed by atoms with E-state index >= 15 is 0 Å². The first kappa shape index (κ1) is 28.4. The Kier molecular flexibility index (Phi) is 8.23. The molecule has 10 heteroatoms.